The lowest BCUT2D eigenvalue weighted by Crippen LogP contribution is -2.42. The van der Waals surface area contributed by atoms with Crippen LogP contribution in [0.5, 0.6) is 0 Å². The number of aromatic nitrogens is 1. The van der Waals surface area contributed by atoms with E-state index in [4.69, 9.17) is 0 Å². The number of aromatic amines is 1. The number of carbonyl (C=O) groups is 1. The van der Waals surface area contributed by atoms with Crippen LogP contribution in [-0.4, -0.2) is 30.0 Å². The number of hydrogen-bond donors (Lipinski definition) is 3. The van der Waals surface area contributed by atoms with E-state index in [1.54, 1.807) is 12.1 Å². The quantitative estimate of drug-likeness (QED) is 0.568. The van der Waals surface area contributed by atoms with Crippen molar-refractivity contribution in [2.24, 2.45) is 5.92 Å². The second kappa shape index (κ2) is 8.11. The number of nitrogens with zero attached hydrogens (tertiary/aromatic N) is 1. The molecule has 1 aliphatic heterocycles. The summed E-state index contributed by atoms with van der Waals surface area (Å²) in [5.74, 6) is 0.158. The fourth-order valence-corrected chi connectivity index (χ4v) is 4.23. The van der Waals surface area contributed by atoms with Crippen molar-refractivity contribution in [3.8, 4) is 0 Å². The van der Waals surface area contributed by atoms with Gasteiger partial charge in [-0.15, -0.1) is 0 Å². The highest BCUT2D eigenvalue weighted by Gasteiger charge is 2.29. The third-order valence-electron chi connectivity index (χ3n) is 6.14. The molecule has 1 saturated carbocycles. The number of carbonyl (C=O) groups excluding carboxylic acids is 1. The Morgan fingerprint density at radius 3 is 2.70 bits per heavy atom. The maximum Gasteiger partial charge on any atom is 0.227 e. The van der Waals surface area contributed by atoms with Gasteiger partial charge in [0, 0.05) is 59.6 Å². The van der Waals surface area contributed by atoms with E-state index < -0.39 is 0 Å². The zero-order valence-electron chi connectivity index (χ0n) is 17.0. The van der Waals surface area contributed by atoms with Gasteiger partial charge >= 0.3 is 0 Å². The van der Waals surface area contributed by atoms with Crippen molar-refractivity contribution in [2.75, 3.05) is 23.3 Å². The second-order valence-electron chi connectivity index (χ2n) is 8.48. The molecule has 5 nitrogen and oxygen atoms in total. The average Bonchev–Trinajstić information content (AvgIpc) is 3.53. The standard InChI is InChI=1S/C24H27FN4O/c25-18-6-7-23-17(12-18)13-21(27-23)15-26-19-8-10-29(11-9-19)22-3-1-2-20(14-22)28-24(30)16-4-5-16/h1-3,6-7,12-14,16,19,26-27H,4-5,8-11,15H2,(H,28,30). The molecular weight excluding hydrogens is 379 g/mol. The Bertz CT molecular complexity index is 1050. The number of halogens is 1. The first-order valence-electron chi connectivity index (χ1n) is 10.8. The van der Waals surface area contributed by atoms with E-state index in [1.807, 2.05) is 18.2 Å². The van der Waals surface area contributed by atoms with Crippen molar-refractivity contribution >= 4 is 28.2 Å². The predicted octanol–water partition coefficient (Wildman–Crippen LogP) is 4.41. The molecule has 3 N–H and O–H groups in total. The summed E-state index contributed by atoms with van der Waals surface area (Å²) in [5.41, 5.74) is 4.11. The number of piperidine rings is 1. The van der Waals surface area contributed by atoms with Gasteiger partial charge in [0.15, 0.2) is 0 Å². The Kier molecular flexibility index (Phi) is 5.17. The molecule has 0 atom stereocenters. The molecule has 0 unspecified atom stereocenters. The highest BCUT2D eigenvalue weighted by Crippen LogP contribution is 2.31. The van der Waals surface area contributed by atoms with Gasteiger partial charge in [-0.3, -0.25) is 4.79 Å². The molecule has 1 aromatic heterocycles. The zero-order chi connectivity index (χ0) is 20.5. The van der Waals surface area contributed by atoms with E-state index in [-0.39, 0.29) is 17.6 Å². The Morgan fingerprint density at radius 2 is 1.90 bits per heavy atom. The summed E-state index contributed by atoms with van der Waals surface area (Å²) in [6.45, 7) is 2.72. The number of amides is 1. The smallest absolute Gasteiger partial charge is 0.227 e. The summed E-state index contributed by atoms with van der Waals surface area (Å²) < 4.78 is 13.4. The fraction of sp³-hybridized carbons (Fsp3) is 0.375. The molecular formula is C24H27FN4O. The van der Waals surface area contributed by atoms with Gasteiger partial charge in [0.1, 0.15) is 5.82 Å². The normalized spacial score (nSPS) is 17.4. The second-order valence-corrected chi connectivity index (χ2v) is 8.48. The minimum Gasteiger partial charge on any atom is -0.371 e. The highest BCUT2D eigenvalue weighted by molar-refractivity contribution is 5.94. The Labute approximate surface area is 175 Å². The minimum atomic E-state index is -0.204. The van der Waals surface area contributed by atoms with Crippen molar-refractivity contribution in [1.29, 1.82) is 0 Å². The molecule has 2 fully saturated rings. The lowest BCUT2D eigenvalue weighted by atomic mass is 10.0. The molecule has 1 saturated heterocycles. The van der Waals surface area contributed by atoms with E-state index >= 15 is 0 Å². The number of hydrogen-bond acceptors (Lipinski definition) is 3. The van der Waals surface area contributed by atoms with Gasteiger partial charge in [-0.1, -0.05) is 6.07 Å². The zero-order valence-corrected chi connectivity index (χ0v) is 17.0. The molecule has 2 aliphatic rings. The summed E-state index contributed by atoms with van der Waals surface area (Å²) in [4.78, 5) is 17.8. The Morgan fingerprint density at radius 1 is 1.07 bits per heavy atom. The molecule has 156 valence electrons. The van der Waals surface area contributed by atoms with E-state index in [2.05, 4.69) is 32.7 Å². The molecule has 1 aliphatic carbocycles. The monoisotopic (exact) mass is 406 g/mol. The molecule has 3 aromatic rings. The van der Waals surface area contributed by atoms with Gasteiger partial charge in [0.2, 0.25) is 5.91 Å². The number of rotatable bonds is 6. The number of anilines is 2. The first kappa shape index (κ1) is 19.1. The van der Waals surface area contributed by atoms with Gasteiger partial charge in [-0.05, 0) is 68.1 Å². The van der Waals surface area contributed by atoms with Crippen LogP contribution in [0.2, 0.25) is 0 Å². The highest BCUT2D eigenvalue weighted by atomic mass is 19.1. The maximum absolute atomic E-state index is 13.4. The van der Waals surface area contributed by atoms with Crippen molar-refractivity contribution < 1.29 is 9.18 Å². The topological polar surface area (TPSA) is 60.2 Å². The van der Waals surface area contributed by atoms with Gasteiger partial charge in [-0.2, -0.15) is 0 Å². The van der Waals surface area contributed by atoms with Crippen LogP contribution < -0.4 is 15.5 Å². The molecule has 0 spiro atoms. The lowest BCUT2D eigenvalue weighted by molar-refractivity contribution is -0.117. The maximum atomic E-state index is 13.4. The van der Waals surface area contributed by atoms with E-state index in [9.17, 15) is 9.18 Å². The molecule has 6 heteroatoms. The number of H-pyrrole nitrogens is 1. The average molecular weight is 407 g/mol. The Hall–Kier alpha value is -2.86. The summed E-state index contributed by atoms with van der Waals surface area (Å²) in [6.07, 6.45) is 4.16. The van der Waals surface area contributed by atoms with Crippen LogP contribution in [0.4, 0.5) is 15.8 Å². The summed E-state index contributed by atoms with van der Waals surface area (Å²) >= 11 is 0. The van der Waals surface area contributed by atoms with Gasteiger partial charge in [0.05, 0.1) is 0 Å². The molecule has 0 radical (unpaired) electrons. The first-order valence-corrected chi connectivity index (χ1v) is 10.8. The van der Waals surface area contributed by atoms with Crippen molar-refractivity contribution in [3.63, 3.8) is 0 Å². The van der Waals surface area contributed by atoms with Gasteiger partial charge in [0.25, 0.3) is 0 Å². The largest absolute Gasteiger partial charge is 0.371 e. The van der Waals surface area contributed by atoms with Crippen LogP contribution in [0, 0.1) is 11.7 Å². The third-order valence-corrected chi connectivity index (χ3v) is 6.14. The van der Waals surface area contributed by atoms with Crippen LogP contribution in [0.3, 0.4) is 0 Å². The third kappa shape index (κ3) is 4.33. The molecule has 1 amide bonds. The molecule has 2 heterocycles. The first-order chi connectivity index (χ1) is 14.6. The molecule has 30 heavy (non-hydrogen) atoms. The number of nitrogens with one attached hydrogen (secondary N) is 3. The fourth-order valence-electron chi connectivity index (χ4n) is 4.23. The van der Waals surface area contributed by atoms with E-state index in [1.165, 1.54) is 11.8 Å². The van der Waals surface area contributed by atoms with Crippen LogP contribution in [-0.2, 0) is 11.3 Å². The van der Waals surface area contributed by atoms with Crippen LogP contribution in [0.1, 0.15) is 31.4 Å². The van der Waals surface area contributed by atoms with E-state index in [0.717, 1.165) is 67.6 Å². The molecule has 2 aromatic carbocycles. The van der Waals surface area contributed by atoms with Crippen LogP contribution in [0.15, 0.2) is 48.5 Å². The Balaban J connectivity index is 1.14. The molecule has 5 rings (SSSR count). The van der Waals surface area contributed by atoms with E-state index in [0.29, 0.717) is 6.04 Å². The predicted molar refractivity (Wildman–Crippen MR) is 118 cm³/mol. The van der Waals surface area contributed by atoms with Crippen molar-refractivity contribution in [3.05, 3.63) is 60.0 Å². The SMILES string of the molecule is O=C(Nc1cccc(N2CCC(NCc3cc4cc(F)ccc4[nH]3)CC2)c1)C1CC1. The summed E-state index contributed by atoms with van der Waals surface area (Å²) in [7, 11) is 0. The minimum absolute atomic E-state index is 0.148. The van der Waals surface area contributed by atoms with Crippen molar-refractivity contribution in [1.82, 2.24) is 10.3 Å². The number of benzene rings is 2. The summed E-state index contributed by atoms with van der Waals surface area (Å²) in [6, 6.07) is 15.5. The van der Waals surface area contributed by atoms with Gasteiger partial charge in [-0.25, -0.2) is 4.39 Å². The summed E-state index contributed by atoms with van der Waals surface area (Å²) in [5, 5.41) is 7.59. The van der Waals surface area contributed by atoms with Crippen molar-refractivity contribution in [2.45, 2.75) is 38.3 Å². The van der Waals surface area contributed by atoms with Crippen LogP contribution >= 0.6 is 0 Å². The molecule has 0 bridgehead atoms. The van der Waals surface area contributed by atoms with Gasteiger partial charge < -0.3 is 20.5 Å². The lowest BCUT2D eigenvalue weighted by Gasteiger charge is -2.34. The number of fused-ring (bicyclic) bond motifs is 1. The van der Waals surface area contributed by atoms with Crippen LogP contribution in [0.25, 0.3) is 10.9 Å².